The van der Waals surface area contributed by atoms with Gasteiger partial charge < -0.3 is 9.47 Å². The number of aromatic nitrogens is 2. The molecule has 0 aliphatic carbocycles. The normalized spacial score (nSPS) is 24.2. The Morgan fingerprint density at radius 2 is 2.05 bits per heavy atom. The smallest absolute Gasteiger partial charge is 0.289 e. The molecule has 21 heavy (non-hydrogen) atoms. The number of hydrogen-bond acceptors (Lipinski definition) is 3. The minimum absolute atomic E-state index is 0.101. The number of carbonyl (C=O) groups excluding carboxylic acids is 1. The van der Waals surface area contributed by atoms with Crippen LogP contribution in [0.3, 0.4) is 0 Å². The second-order valence-corrected chi connectivity index (χ2v) is 6.18. The van der Waals surface area contributed by atoms with Crippen LogP contribution in [-0.4, -0.2) is 57.5 Å². The van der Waals surface area contributed by atoms with Crippen LogP contribution in [0.4, 0.5) is 0 Å². The molecular weight excluding hydrogens is 264 g/mol. The molecule has 2 aliphatic rings. The summed E-state index contributed by atoms with van der Waals surface area (Å²) < 4.78 is 1.94. The van der Waals surface area contributed by atoms with Gasteiger partial charge in [0.25, 0.3) is 5.91 Å². The first kappa shape index (κ1) is 14.6. The molecule has 1 aromatic rings. The van der Waals surface area contributed by atoms with E-state index in [1.54, 1.807) is 6.20 Å². The Morgan fingerprint density at radius 3 is 2.81 bits per heavy atom. The Morgan fingerprint density at radius 1 is 1.24 bits per heavy atom. The van der Waals surface area contributed by atoms with Crippen molar-refractivity contribution in [3.05, 3.63) is 18.2 Å². The third-order valence-electron chi connectivity index (χ3n) is 4.84. The van der Waals surface area contributed by atoms with Crippen molar-refractivity contribution in [2.24, 2.45) is 0 Å². The van der Waals surface area contributed by atoms with Crippen LogP contribution in [0.25, 0.3) is 0 Å². The number of nitrogens with zero attached hydrogens (tertiary/aromatic N) is 4. The number of hydrogen-bond donors (Lipinski definition) is 0. The number of imidazole rings is 1. The lowest BCUT2D eigenvalue weighted by atomic mass is 10.0. The molecule has 0 aromatic carbocycles. The Kier molecular flexibility index (Phi) is 4.58. The standard InChI is InChI=1S/C16H26N4O/c1-2-18-12-8-17-15(18)16(21)20-11-6-7-14(13-20)19-9-4-3-5-10-19/h8,12,14H,2-7,9-11,13H2,1H3. The van der Waals surface area contributed by atoms with Crippen LogP contribution in [0.1, 0.15) is 49.6 Å². The van der Waals surface area contributed by atoms with E-state index in [0.717, 1.165) is 26.1 Å². The largest absolute Gasteiger partial charge is 0.334 e. The Hall–Kier alpha value is -1.36. The lowest BCUT2D eigenvalue weighted by Crippen LogP contribution is -2.51. The molecule has 1 atom stereocenters. The van der Waals surface area contributed by atoms with Crippen molar-refractivity contribution in [3.63, 3.8) is 0 Å². The van der Waals surface area contributed by atoms with Crippen molar-refractivity contribution < 1.29 is 4.79 Å². The van der Waals surface area contributed by atoms with E-state index in [-0.39, 0.29) is 5.91 Å². The number of aryl methyl sites for hydroxylation is 1. The zero-order valence-electron chi connectivity index (χ0n) is 13.0. The average molecular weight is 290 g/mol. The van der Waals surface area contributed by atoms with Crippen LogP contribution in [-0.2, 0) is 6.54 Å². The van der Waals surface area contributed by atoms with Gasteiger partial charge in [-0.3, -0.25) is 9.69 Å². The molecule has 0 saturated carbocycles. The van der Waals surface area contributed by atoms with Gasteiger partial charge in [-0.25, -0.2) is 4.98 Å². The first-order chi connectivity index (χ1) is 10.3. The molecule has 3 rings (SSSR count). The summed E-state index contributed by atoms with van der Waals surface area (Å²) in [6.07, 6.45) is 9.93. The predicted octanol–water partition coefficient (Wildman–Crippen LogP) is 1.99. The highest BCUT2D eigenvalue weighted by Crippen LogP contribution is 2.21. The summed E-state index contributed by atoms with van der Waals surface area (Å²) in [5, 5.41) is 0. The Balaban J connectivity index is 1.66. The summed E-state index contributed by atoms with van der Waals surface area (Å²) >= 11 is 0. The van der Waals surface area contributed by atoms with Crippen LogP contribution >= 0.6 is 0 Å². The van der Waals surface area contributed by atoms with E-state index >= 15 is 0 Å². The second-order valence-electron chi connectivity index (χ2n) is 6.18. The molecule has 0 spiro atoms. The summed E-state index contributed by atoms with van der Waals surface area (Å²) in [5.41, 5.74) is 0. The quantitative estimate of drug-likeness (QED) is 0.855. The van der Waals surface area contributed by atoms with Gasteiger partial charge in [-0.05, 0) is 45.7 Å². The van der Waals surface area contributed by atoms with E-state index in [0.29, 0.717) is 11.9 Å². The summed E-state index contributed by atoms with van der Waals surface area (Å²) in [7, 11) is 0. The highest BCUT2D eigenvalue weighted by atomic mass is 16.2. The van der Waals surface area contributed by atoms with E-state index in [4.69, 9.17) is 0 Å². The zero-order valence-corrected chi connectivity index (χ0v) is 13.0. The number of rotatable bonds is 3. The van der Waals surface area contributed by atoms with Crippen LogP contribution in [0.2, 0.25) is 0 Å². The van der Waals surface area contributed by atoms with Crippen LogP contribution in [0, 0.1) is 0 Å². The molecule has 116 valence electrons. The minimum Gasteiger partial charge on any atom is -0.334 e. The molecular formula is C16H26N4O. The maximum Gasteiger partial charge on any atom is 0.289 e. The molecule has 5 heteroatoms. The lowest BCUT2D eigenvalue weighted by Gasteiger charge is -2.40. The number of piperidine rings is 2. The van der Waals surface area contributed by atoms with E-state index < -0.39 is 0 Å². The molecule has 2 fully saturated rings. The highest BCUT2D eigenvalue weighted by molar-refractivity contribution is 5.90. The molecule has 1 aromatic heterocycles. The lowest BCUT2D eigenvalue weighted by molar-refractivity contribution is 0.0523. The second kappa shape index (κ2) is 6.60. The monoisotopic (exact) mass is 290 g/mol. The SMILES string of the molecule is CCn1ccnc1C(=O)N1CCCC(N2CCCCC2)C1. The van der Waals surface area contributed by atoms with Gasteiger partial charge in [0, 0.05) is 38.1 Å². The third kappa shape index (κ3) is 3.12. The van der Waals surface area contributed by atoms with E-state index in [2.05, 4.69) is 9.88 Å². The van der Waals surface area contributed by atoms with Gasteiger partial charge in [0.05, 0.1) is 0 Å². The summed E-state index contributed by atoms with van der Waals surface area (Å²) in [5.74, 6) is 0.695. The number of amides is 1. The molecule has 0 radical (unpaired) electrons. The van der Waals surface area contributed by atoms with Crippen molar-refractivity contribution in [2.75, 3.05) is 26.2 Å². The Bertz CT molecular complexity index is 478. The fourth-order valence-corrected chi connectivity index (χ4v) is 3.62. The van der Waals surface area contributed by atoms with E-state index in [9.17, 15) is 4.79 Å². The van der Waals surface area contributed by atoms with Crippen molar-refractivity contribution >= 4 is 5.91 Å². The van der Waals surface area contributed by atoms with Gasteiger partial charge in [-0.2, -0.15) is 0 Å². The van der Waals surface area contributed by atoms with E-state index in [1.165, 1.54) is 38.8 Å². The van der Waals surface area contributed by atoms with Crippen molar-refractivity contribution in [1.29, 1.82) is 0 Å². The fourth-order valence-electron chi connectivity index (χ4n) is 3.62. The molecule has 0 N–H and O–H groups in total. The molecule has 1 unspecified atom stereocenters. The third-order valence-corrected chi connectivity index (χ3v) is 4.84. The summed E-state index contributed by atoms with van der Waals surface area (Å²) in [6.45, 7) is 7.00. The maximum absolute atomic E-state index is 12.7. The first-order valence-electron chi connectivity index (χ1n) is 8.34. The maximum atomic E-state index is 12.7. The van der Waals surface area contributed by atoms with Gasteiger partial charge in [0.1, 0.15) is 0 Å². The van der Waals surface area contributed by atoms with Gasteiger partial charge >= 0.3 is 0 Å². The molecule has 2 saturated heterocycles. The molecule has 0 bridgehead atoms. The van der Waals surface area contributed by atoms with Crippen LogP contribution < -0.4 is 0 Å². The summed E-state index contributed by atoms with van der Waals surface area (Å²) in [4.78, 5) is 21.6. The Labute approximate surface area is 126 Å². The fraction of sp³-hybridized carbons (Fsp3) is 0.750. The first-order valence-corrected chi connectivity index (χ1v) is 8.34. The van der Waals surface area contributed by atoms with Gasteiger partial charge in [-0.1, -0.05) is 6.42 Å². The van der Waals surface area contributed by atoms with Gasteiger partial charge in [0.2, 0.25) is 0 Å². The van der Waals surface area contributed by atoms with Gasteiger partial charge in [-0.15, -0.1) is 0 Å². The highest BCUT2D eigenvalue weighted by Gasteiger charge is 2.30. The van der Waals surface area contributed by atoms with Crippen molar-refractivity contribution in [1.82, 2.24) is 19.4 Å². The van der Waals surface area contributed by atoms with Crippen molar-refractivity contribution in [2.45, 2.75) is 51.6 Å². The molecule has 2 aliphatic heterocycles. The molecule has 5 nitrogen and oxygen atoms in total. The number of likely N-dealkylation sites (tertiary alicyclic amines) is 2. The summed E-state index contributed by atoms with van der Waals surface area (Å²) in [6, 6.07) is 0.549. The minimum atomic E-state index is 0.101. The van der Waals surface area contributed by atoms with Crippen LogP contribution in [0.15, 0.2) is 12.4 Å². The molecule has 1 amide bonds. The zero-order chi connectivity index (χ0) is 14.7. The predicted molar refractivity (Wildman–Crippen MR) is 82.3 cm³/mol. The number of carbonyl (C=O) groups is 1. The topological polar surface area (TPSA) is 41.4 Å². The molecule has 3 heterocycles. The average Bonchev–Trinajstić information content (AvgIpc) is 3.04. The van der Waals surface area contributed by atoms with Gasteiger partial charge in [0.15, 0.2) is 5.82 Å². The van der Waals surface area contributed by atoms with E-state index in [1.807, 2.05) is 22.6 Å². The van der Waals surface area contributed by atoms with Crippen LogP contribution in [0.5, 0.6) is 0 Å². The van der Waals surface area contributed by atoms with Crippen molar-refractivity contribution in [3.8, 4) is 0 Å².